The Morgan fingerprint density at radius 2 is 1.89 bits per heavy atom. The zero-order valence-corrected chi connectivity index (χ0v) is 12.1. The Hall–Kier alpha value is -0.810. The highest BCUT2D eigenvalue weighted by atomic mass is 16.6. The lowest BCUT2D eigenvalue weighted by molar-refractivity contribution is 0.0557. The predicted molar refractivity (Wildman–Crippen MR) is 73.2 cm³/mol. The van der Waals surface area contributed by atoms with E-state index in [2.05, 4.69) is 11.9 Å². The van der Waals surface area contributed by atoms with Crippen LogP contribution in [-0.4, -0.2) is 68.9 Å². The molecule has 0 aromatic carbocycles. The molecule has 0 radical (unpaired) electrons. The summed E-state index contributed by atoms with van der Waals surface area (Å²) in [6.45, 7) is 3.97. The van der Waals surface area contributed by atoms with Crippen molar-refractivity contribution in [2.24, 2.45) is 5.92 Å². The van der Waals surface area contributed by atoms with Crippen molar-refractivity contribution in [3.63, 3.8) is 0 Å². The van der Waals surface area contributed by atoms with Crippen molar-refractivity contribution < 1.29 is 14.3 Å². The maximum atomic E-state index is 12.1. The van der Waals surface area contributed by atoms with E-state index in [1.54, 1.807) is 7.11 Å². The average Bonchev–Trinajstić information content (AvgIpc) is 2.89. The van der Waals surface area contributed by atoms with Crippen molar-refractivity contribution in [3.05, 3.63) is 0 Å². The third kappa shape index (κ3) is 3.83. The summed E-state index contributed by atoms with van der Waals surface area (Å²) in [5, 5.41) is 0. The summed E-state index contributed by atoms with van der Waals surface area (Å²) < 4.78 is 10.2. The number of carbonyl (C=O) groups is 1. The number of carbonyl (C=O) groups excluding carboxylic acids is 1. The fraction of sp³-hybridized carbons (Fsp3) is 0.929. The van der Waals surface area contributed by atoms with E-state index in [9.17, 15) is 4.79 Å². The summed E-state index contributed by atoms with van der Waals surface area (Å²) in [5.41, 5.74) is 0. The van der Waals surface area contributed by atoms with Gasteiger partial charge in [0.15, 0.2) is 0 Å². The molecule has 0 aliphatic carbocycles. The third-order valence-electron chi connectivity index (χ3n) is 4.35. The van der Waals surface area contributed by atoms with Crippen molar-refractivity contribution in [3.8, 4) is 0 Å². The van der Waals surface area contributed by atoms with E-state index in [1.165, 1.54) is 12.8 Å². The molecule has 0 bridgehead atoms. The highest BCUT2D eigenvalue weighted by Crippen LogP contribution is 2.31. The molecule has 0 saturated carbocycles. The molecule has 2 aliphatic heterocycles. The van der Waals surface area contributed by atoms with Gasteiger partial charge in [-0.3, -0.25) is 0 Å². The van der Waals surface area contributed by atoms with Crippen LogP contribution >= 0.6 is 0 Å². The Morgan fingerprint density at radius 3 is 2.58 bits per heavy atom. The van der Waals surface area contributed by atoms with Gasteiger partial charge >= 0.3 is 6.09 Å². The summed E-state index contributed by atoms with van der Waals surface area (Å²) >= 11 is 0. The number of methoxy groups -OCH3 is 1. The van der Waals surface area contributed by atoms with Crippen molar-refractivity contribution >= 4 is 6.09 Å². The SMILES string of the molecule is COCCOC(=O)N1CCCC1C1CCN(C)CC1. The second-order valence-electron chi connectivity index (χ2n) is 5.65. The Balaban J connectivity index is 1.84. The smallest absolute Gasteiger partial charge is 0.410 e. The van der Waals surface area contributed by atoms with E-state index < -0.39 is 0 Å². The molecule has 1 unspecified atom stereocenters. The largest absolute Gasteiger partial charge is 0.447 e. The Kier molecular flexibility index (Phi) is 5.45. The van der Waals surface area contributed by atoms with Gasteiger partial charge in [-0.2, -0.15) is 0 Å². The number of hydrogen-bond donors (Lipinski definition) is 0. The minimum absolute atomic E-state index is 0.154. The second kappa shape index (κ2) is 7.10. The molecular weight excluding hydrogens is 244 g/mol. The fourth-order valence-electron chi connectivity index (χ4n) is 3.22. The van der Waals surface area contributed by atoms with E-state index >= 15 is 0 Å². The second-order valence-corrected chi connectivity index (χ2v) is 5.65. The molecule has 5 nitrogen and oxygen atoms in total. The highest BCUT2D eigenvalue weighted by molar-refractivity contribution is 5.68. The van der Waals surface area contributed by atoms with E-state index in [0.29, 0.717) is 25.2 Å². The van der Waals surface area contributed by atoms with Gasteiger partial charge in [-0.05, 0) is 51.7 Å². The number of hydrogen-bond acceptors (Lipinski definition) is 4. The van der Waals surface area contributed by atoms with Crippen molar-refractivity contribution in [2.45, 2.75) is 31.7 Å². The van der Waals surface area contributed by atoms with Crippen LogP contribution in [0.1, 0.15) is 25.7 Å². The van der Waals surface area contributed by atoms with Crippen molar-refractivity contribution in [1.82, 2.24) is 9.80 Å². The van der Waals surface area contributed by atoms with Gasteiger partial charge in [0.25, 0.3) is 0 Å². The zero-order valence-electron chi connectivity index (χ0n) is 12.1. The topological polar surface area (TPSA) is 42.0 Å². The highest BCUT2D eigenvalue weighted by Gasteiger charge is 2.36. The van der Waals surface area contributed by atoms with Crippen LogP contribution in [-0.2, 0) is 9.47 Å². The quantitative estimate of drug-likeness (QED) is 0.727. The van der Waals surface area contributed by atoms with Crippen LogP contribution < -0.4 is 0 Å². The molecule has 0 aromatic heterocycles. The van der Waals surface area contributed by atoms with Crippen LogP contribution in [0, 0.1) is 5.92 Å². The Labute approximate surface area is 115 Å². The fourth-order valence-corrected chi connectivity index (χ4v) is 3.22. The van der Waals surface area contributed by atoms with Gasteiger partial charge in [0.1, 0.15) is 6.61 Å². The summed E-state index contributed by atoms with van der Waals surface area (Å²) in [7, 11) is 3.78. The van der Waals surface area contributed by atoms with E-state index in [4.69, 9.17) is 9.47 Å². The van der Waals surface area contributed by atoms with Crippen LogP contribution in [0.3, 0.4) is 0 Å². The van der Waals surface area contributed by atoms with E-state index in [0.717, 1.165) is 32.5 Å². The lowest BCUT2D eigenvalue weighted by Crippen LogP contribution is -2.44. The van der Waals surface area contributed by atoms with Gasteiger partial charge in [0.05, 0.1) is 6.61 Å². The normalized spacial score (nSPS) is 25.8. The number of rotatable bonds is 4. The van der Waals surface area contributed by atoms with Crippen LogP contribution in [0.15, 0.2) is 0 Å². The standard InChI is InChI=1S/C14H26N2O3/c1-15-8-5-12(6-9-15)13-4-3-7-16(13)14(17)19-11-10-18-2/h12-13H,3-11H2,1-2H3. The minimum atomic E-state index is -0.154. The lowest BCUT2D eigenvalue weighted by Gasteiger charge is -2.36. The first-order chi connectivity index (χ1) is 9.22. The first kappa shape index (κ1) is 14.6. The molecule has 0 aromatic rings. The van der Waals surface area contributed by atoms with E-state index in [-0.39, 0.29) is 6.09 Å². The Morgan fingerprint density at radius 1 is 1.16 bits per heavy atom. The monoisotopic (exact) mass is 270 g/mol. The summed E-state index contributed by atoms with van der Waals surface area (Å²) in [5.74, 6) is 0.647. The number of nitrogens with zero attached hydrogens (tertiary/aromatic N) is 2. The zero-order chi connectivity index (χ0) is 13.7. The minimum Gasteiger partial charge on any atom is -0.447 e. The molecule has 2 rings (SSSR count). The van der Waals surface area contributed by atoms with Crippen LogP contribution in [0.4, 0.5) is 4.79 Å². The number of ether oxygens (including phenoxy) is 2. The molecular formula is C14H26N2O3. The maximum absolute atomic E-state index is 12.1. The van der Waals surface area contributed by atoms with Crippen LogP contribution in [0.2, 0.25) is 0 Å². The molecule has 0 N–H and O–H groups in total. The molecule has 5 heteroatoms. The van der Waals surface area contributed by atoms with Gasteiger partial charge in [0.2, 0.25) is 0 Å². The average molecular weight is 270 g/mol. The van der Waals surface area contributed by atoms with E-state index in [1.807, 2.05) is 4.90 Å². The molecule has 2 heterocycles. The lowest BCUT2D eigenvalue weighted by atomic mass is 9.88. The summed E-state index contributed by atoms with van der Waals surface area (Å²) in [6, 6.07) is 0.392. The van der Waals surface area contributed by atoms with Crippen molar-refractivity contribution in [1.29, 1.82) is 0 Å². The van der Waals surface area contributed by atoms with Gasteiger partial charge in [0, 0.05) is 19.7 Å². The Bertz CT molecular complexity index is 290. The molecule has 2 fully saturated rings. The van der Waals surface area contributed by atoms with Gasteiger partial charge in [-0.15, -0.1) is 0 Å². The molecule has 1 amide bonds. The maximum Gasteiger partial charge on any atom is 0.410 e. The predicted octanol–water partition coefficient (Wildman–Crippen LogP) is 1.58. The molecule has 2 saturated heterocycles. The summed E-state index contributed by atoms with van der Waals surface area (Å²) in [4.78, 5) is 16.4. The molecule has 1 atom stereocenters. The molecule has 110 valence electrons. The number of likely N-dealkylation sites (tertiary alicyclic amines) is 2. The molecule has 0 spiro atoms. The van der Waals surface area contributed by atoms with Gasteiger partial charge in [-0.1, -0.05) is 0 Å². The third-order valence-corrected chi connectivity index (χ3v) is 4.35. The molecule has 19 heavy (non-hydrogen) atoms. The van der Waals surface area contributed by atoms with Crippen molar-refractivity contribution in [2.75, 3.05) is 47.0 Å². The first-order valence-electron chi connectivity index (χ1n) is 7.33. The van der Waals surface area contributed by atoms with Gasteiger partial charge in [-0.25, -0.2) is 4.79 Å². The van der Waals surface area contributed by atoms with Crippen LogP contribution in [0.25, 0.3) is 0 Å². The number of piperidine rings is 1. The van der Waals surface area contributed by atoms with Gasteiger partial charge < -0.3 is 19.3 Å². The number of amides is 1. The first-order valence-corrected chi connectivity index (χ1v) is 7.33. The van der Waals surface area contributed by atoms with Crippen LogP contribution in [0.5, 0.6) is 0 Å². The summed E-state index contributed by atoms with van der Waals surface area (Å²) in [6.07, 6.45) is 4.48. The molecule has 2 aliphatic rings.